The molecule has 0 saturated carbocycles. The van der Waals surface area contributed by atoms with Gasteiger partial charge in [-0.1, -0.05) is 36.4 Å². The van der Waals surface area contributed by atoms with Crippen LogP contribution in [0.2, 0.25) is 0 Å². The van der Waals surface area contributed by atoms with Crippen molar-refractivity contribution in [1.82, 2.24) is 0 Å². The number of anilines is 3. The third kappa shape index (κ3) is 5.19. The number of hydrogen-bond acceptors (Lipinski definition) is 6. The number of benzene rings is 4. The summed E-state index contributed by atoms with van der Waals surface area (Å²) in [4.78, 5) is 55.0. The van der Waals surface area contributed by atoms with Gasteiger partial charge in [0.2, 0.25) is 0 Å². The van der Waals surface area contributed by atoms with Gasteiger partial charge in [-0.25, -0.2) is 0 Å². The molecule has 1 heterocycles. The van der Waals surface area contributed by atoms with Crippen LogP contribution in [0.1, 0.15) is 58.1 Å². The highest BCUT2D eigenvalue weighted by molar-refractivity contribution is 6.19. The summed E-state index contributed by atoms with van der Waals surface area (Å²) in [5.74, 6) is -1.44. The van der Waals surface area contributed by atoms with Crippen LogP contribution in [0.25, 0.3) is 0 Å². The Morgan fingerprint density at radius 2 is 0.952 bits per heavy atom. The second kappa shape index (κ2) is 11.6. The Balaban J connectivity index is 1.75. The molecule has 3 amide bonds. The van der Waals surface area contributed by atoms with Gasteiger partial charge in [0.15, 0.2) is 5.78 Å². The lowest BCUT2D eigenvalue weighted by molar-refractivity contribution is 0.0991. The maximum atomic E-state index is 13.8. The van der Waals surface area contributed by atoms with E-state index in [9.17, 15) is 19.2 Å². The fourth-order valence-corrected chi connectivity index (χ4v) is 5.05. The Labute approximate surface area is 242 Å². The number of aryl methyl sites for hydroxylation is 2. The molecule has 0 aromatic heterocycles. The molecule has 0 saturated heterocycles. The average Bonchev–Trinajstić information content (AvgIpc) is 2.98. The van der Waals surface area contributed by atoms with E-state index in [-0.39, 0.29) is 51.8 Å². The Bertz CT molecular complexity index is 1740. The molecular weight excluding hydrogens is 534 g/mol. The van der Waals surface area contributed by atoms with Gasteiger partial charge < -0.3 is 25.4 Å². The van der Waals surface area contributed by atoms with Crippen molar-refractivity contribution in [1.29, 1.82) is 0 Å². The number of amides is 3. The van der Waals surface area contributed by atoms with Crippen LogP contribution < -0.4 is 25.4 Å². The Morgan fingerprint density at radius 3 is 1.50 bits per heavy atom. The van der Waals surface area contributed by atoms with Gasteiger partial charge in [-0.2, -0.15) is 0 Å². The minimum absolute atomic E-state index is 0.0918. The number of fused-ring (bicyclic) bond motifs is 4. The zero-order chi connectivity index (χ0) is 30.0. The van der Waals surface area contributed by atoms with E-state index >= 15 is 0 Å². The van der Waals surface area contributed by atoms with Crippen molar-refractivity contribution in [2.45, 2.75) is 20.3 Å². The molecule has 4 aromatic carbocycles. The third-order valence-corrected chi connectivity index (χ3v) is 7.26. The smallest absolute Gasteiger partial charge is 0.258 e. The van der Waals surface area contributed by atoms with Crippen molar-refractivity contribution in [2.24, 2.45) is 0 Å². The molecule has 3 N–H and O–H groups in total. The summed E-state index contributed by atoms with van der Waals surface area (Å²) in [5, 5.41) is 8.51. The average molecular weight is 564 g/mol. The highest BCUT2D eigenvalue weighted by atomic mass is 16.5. The minimum Gasteiger partial charge on any atom is -0.495 e. The lowest BCUT2D eigenvalue weighted by atomic mass is 9.93. The van der Waals surface area contributed by atoms with Crippen LogP contribution in [0.5, 0.6) is 11.5 Å². The van der Waals surface area contributed by atoms with Crippen molar-refractivity contribution >= 4 is 40.6 Å². The minimum atomic E-state index is -0.605. The van der Waals surface area contributed by atoms with E-state index in [2.05, 4.69) is 16.0 Å². The first-order valence-electron chi connectivity index (χ1n) is 13.2. The monoisotopic (exact) mass is 563 g/mol. The Kier molecular flexibility index (Phi) is 7.75. The predicted octanol–water partition coefficient (Wildman–Crippen LogP) is 5.82. The largest absolute Gasteiger partial charge is 0.495 e. The van der Waals surface area contributed by atoms with E-state index in [1.807, 2.05) is 13.0 Å². The summed E-state index contributed by atoms with van der Waals surface area (Å²) in [7, 11) is 2.85. The van der Waals surface area contributed by atoms with Crippen LogP contribution in [0.4, 0.5) is 17.1 Å². The molecule has 0 bridgehead atoms. The quantitative estimate of drug-likeness (QED) is 0.283. The summed E-state index contributed by atoms with van der Waals surface area (Å²) >= 11 is 0. The lowest BCUT2D eigenvalue weighted by Gasteiger charge is -2.20. The molecule has 9 nitrogen and oxygen atoms in total. The van der Waals surface area contributed by atoms with E-state index in [4.69, 9.17) is 9.47 Å². The van der Waals surface area contributed by atoms with Crippen molar-refractivity contribution in [3.05, 3.63) is 112 Å². The lowest BCUT2D eigenvalue weighted by Crippen LogP contribution is -2.24. The summed E-state index contributed by atoms with van der Waals surface area (Å²) in [6, 6.07) is 19.9. The van der Waals surface area contributed by atoms with E-state index < -0.39 is 17.7 Å². The number of carbonyl (C=O) groups excluding carboxylic acids is 4. The highest BCUT2D eigenvalue weighted by Crippen LogP contribution is 2.34. The Morgan fingerprint density at radius 1 is 0.524 bits per heavy atom. The summed E-state index contributed by atoms with van der Waals surface area (Å²) in [6.45, 7) is 3.61. The van der Waals surface area contributed by atoms with Gasteiger partial charge in [-0.3, -0.25) is 19.2 Å². The van der Waals surface area contributed by atoms with Crippen molar-refractivity contribution < 1.29 is 28.7 Å². The molecule has 1 aliphatic heterocycles. The number of para-hydroxylation sites is 3. The zero-order valence-electron chi connectivity index (χ0n) is 23.6. The summed E-state index contributed by atoms with van der Waals surface area (Å²) in [5.41, 5.74) is 3.33. The standard InChI is InChI=1S/C33H29N3O6/c1-18-9-5-11-20-24(18)17-25(37)21-12-6-10-19(2)28(21)34-32(39)22-13-7-16-27(42-4)30(22)36-33(40)23-14-8-15-26(41-3)29(23)35-31(20)38/h5-16H,17H2,1-4H3,(H,34,39)(H,35,38)(H,36,40). The van der Waals surface area contributed by atoms with E-state index in [1.54, 1.807) is 67.6 Å². The number of Topliss-reactive ketones (excluding diaryl/α,β-unsaturated/α-hetero) is 1. The van der Waals surface area contributed by atoms with Crippen LogP contribution >= 0.6 is 0 Å². The summed E-state index contributed by atoms with van der Waals surface area (Å²) < 4.78 is 11.0. The number of ketones is 1. The van der Waals surface area contributed by atoms with Crippen LogP contribution in [0.15, 0.2) is 72.8 Å². The van der Waals surface area contributed by atoms with Gasteiger partial charge in [0.25, 0.3) is 17.7 Å². The Hall–Kier alpha value is -5.44. The molecule has 0 fully saturated rings. The SMILES string of the molecule is COc1cccc2c1NC(=O)c1cccc(C)c1CC(=O)c1cccc(C)c1NC(=O)c1cccc(OC)c1NC2=O. The molecular formula is C33H29N3O6. The molecule has 1 aliphatic rings. The number of ether oxygens (including phenoxy) is 2. The molecule has 0 spiro atoms. The molecule has 0 radical (unpaired) electrons. The molecule has 0 unspecified atom stereocenters. The molecule has 9 heteroatoms. The zero-order valence-corrected chi connectivity index (χ0v) is 23.6. The first kappa shape index (κ1) is 28.1. The van der Waals surface area contributed by atoms with Crippen LogP contribution in [0.3, 0.4) is 0 Å². The number of hydrogen-bond donors (Lipinski definition) is 3. The number of rotatable bonds is 2. The van der Waals surface area contributed by atoms with Crippen molar-refractivity contribution in [2.75, 3.05) is 30.2 Å². The fourth-order valence-electron chi connectivity index (χ4n) is 5.05. The van der Waals surface area contributed by atoms with Crippen LogP contribution in [0, 0.1) is 13.8 Å². The van der Waals surface area contributed by atoms with Gasteiger partial charge in [-0.05, 0) is 66.9 Å². The highest BCUT2D eigenvalue weighted by Gasteiger charge is 2.26. The van der Waals surface area contributed by atoms with E-state index in [0.29, 0.717) is 22.4 Å². The molecule has 42 heavy (non-hydrogen) atoms. The van der Waals surface area contributed by atoms with Gasteiger partial charge >= 0.3 is 0 Å². The third-order valence-electron chi connectivity index (χ3n) is 7.26. The maximum absolute atomic E-state index is 13.8. The van der Waals surface area contributed by atoms with Gasteiger partial charge in [0.1, 0.15) is 11.5 Å². The van der Waals surface area contributed by atoms with Crippen LogP contribution in [-0.4, -0.2) is 37.7 Å². The molecule has 0 atom stereocenters. The number of nitrogens with one attached hydrogen (secondary N) is 3. The topological polar surface area (TPSA) is 123 Å². The molecule has 5 rings (SSSR count). The van der Waals surface area contributed by atoms with E-state index in [0.717, 1.165) is 5.56 Å². The number of carbonyl (C=O) groups is 4. The first-order valence-corrected chi connectivity index (χ1v) is 13.2. The molecule has 0 aliphatic carbocycles. The van der Waals surface area contributed by atoms with Gasteiger partial charge in [-0.15, -0.1) is 0 Å². The van der Waals surface area contributed by atoms with Crippen LogP contribution in [-0.2, 0) is 6.42 Å². The van der Waals surface area contributed by atoms with Crippen molar-refractivity contribution in [3.8, 4) is 11.5 Å². The fraction of sp³-hybridized carbons (Fsp3) is 0.152. The number of methoxy groups -OCH3 is 2. The molecule has 4 aromatic rings. The van der Waals surface area contributed by atoms with Gasteiger partial charge in [0.05, 0.1) is 42.4 Å². The molecule has 212 valence electrons. The second-order valence-corrected chi connectivity index (χ2v) is 9.83. The van der Waals surface area contributed by atoms with E-state index in [1.165, 1.54) is 20.3 Å². The van der Waals surface area contributed by atoms with Gasteiger partial charge in [0, 0.05) is 17.5 Å². The first-order chi connectivity index (χ1) is 20.2. The summed E-state index contributed by atoms with van der Waals surface area (Å²) in [6.07, 6.45) is -0.0918. The second-order valence-electron chi connectivity index (χ2n) is 9.83. The maximum Gasteiger partial charge on any atom is 0.258 e. The predicted molar refractivity (Wildman–Crippen MR) is 160 cm³/mol. The normalized spacial score (nSPS) is 13.4. The van der Waals surface area contributed by atoms with Crippen molar-refractivity contribution in [3.63, 3.8) is 0 Å².